The number of aromatic nitrogens is 1. The van der Waals surface area contributed by atoms with Crippen LogP contribution >= 0.6 is 0 Å². The average molecular weight is 414 g/mol. The van der Waals surface area contributed by atoms with E-state index in [1.165, 1.54) is 0 Å². The van der Waals surface area contributed by atoms with Crippen LogP contribution in [0.25, 0.3) is 10.8 Å². The van der Waals surface area contributed by atoms with E-state index < -0.39 is 10.0 Å². The normalized spacial score (nSPS) is 13.5. The van der Waals surface area contributed by atoms with Crippen LogP contribution < -0.4 is 10.0 Å². The number of benzene rings is 2. The number of hydrogen-bond acceptors (Lipinski definition) is 5. The molecule has 2 N–H and O–H groups in total. The first kappa shape index (κ1) is 19.3. The van der Waals surface area contributed by atoms with Crippen molar-refractivity contribution < 1.29 is 17.7 Å². The second kappa shape index (κ2) is 7.75. The smallest absolute Gasteiger partial charge is 0.318 e. The van der Waals surface area contributed by atoms with E-state index >= 15 is 0 Å². The first-order valence-electron chi connectivity index (χ1n) is 9.50. The minimum absolute atomic E-state index is 0.0526. The van der Waals surface area contributed by atoms with E-state index in [9.17, 15) is 13.2 Å². The van der Waals surface area contributed by atoms with Crippen LogP contribution in [0.15, 0.2) is 51.9 Å². The van der Waals surface area contributed by atoms with Crippen LogP contribution in [0.1, 0.15) is 31.0 Å². The molecule has 0 spiro atoms. The van der Waals surface area contributed by atoms with Crippen molar-refractivity contribution in [2.45, 2.75) is 37.8 Å². The number of nitrogens with one attached hydrogen (secondary N) is 2. The Morgan fingerprint density at radius 2 is 1.97 bits per heavy atom. The minimum atomic E-state index is -3.89. The molecule has 0 aliphatic carbocycles. The number of anilines is 1. The molecule has 0 saturated carbocycles. The standard InChI is InChI=1S/C20H22N4O4S/c1-2-3-11-21-20(25)24-12-16-17(13-24)22-28-19(16)23-29(26,27)18-10-6-8-14-7-4-5-9-15(14)18/h4-10,23H,2-3,11-13H2,1H3,(H,21,25). The van der Waals surface area contributed by atoms with Gasteiger partial charge in [0.2, 0.25) is 5.88 Å². The zero-order chi connectivity index (χ0) is 20.4. The molecule has 152 valence electrons. The third kappa shape index (κ3) is 3.77. The molecule has 1 aliphatic heterocycles. The lowest BCUT2D eigenvalue weighted by molar-refractivity contribution is 0.196. The molecule has 2 aromatic carbocycles. The first-order chi connectivity index (χ1) is 14.0. The van der Waals surface area contributed by atoms with Crippen molar-refractivity contribution in [1.29, 1.82) is 0 Å². The number of carbonyl (C=O) groups excluding carboxylic acids is 1. The maximum absolute atomic E-state index is 13.0. The largest absolute Gasteiger partial charge is 0.338 e. The number of urea groups is 1. The van der Waals surface area contributed by atoms with Gasteiger partial charge < -0.3 is 14.7 Å². The number of rotatable bonds is 6. The number of nitrogens with zero attached hydrogens (tertiary/aromatic N) is 2. The maximum atomic E-state index is 13.0. The van der Waals surface area contributed by atoms with E-state index in [2.05, 4.69) is 22.1 Å². The van der Waals surface area contributed by atoms with Crippen molar-refractivity contribution >= 4 is 32.7 Å². The number of fused-ring (bicyclic) bond motifs is 2. The van der Waals surface area contributed by atoms with Gasteiger partial charge in [0.25, 0.3) is 10.0 Å². The number of unbranched alkanes of at least 4 members (excludes halogenated alkanes) is 1. The molecule has 2 amide bonds. The highest BCUT2D eigenvalue weighted by molar-refractivity contribution is 7.93. The number of sulfonamides is 1. The summed E-state index contributed by atoms with van der Waals surface area (Å²) in [5.74, 6) is 0.0526. The number of amides is 2. The van der Waals surface area contributed by atoms with Gasteiger partial charge in [0, 0.05) is 11.9 Å². The van der Waals surface area contributed by atoms with Gasteiger partial charge in [-0.2, -0.15) is 0 Å². The van der Waals surface area contributed by atoms with Crippen LogP contribution in [0.3, 0.4) is 0 Å². The molecular formula is C20H22N4O4S. The Kier molecular flexibility index (Phi) is 5.14. The second-order valence-corrected chi connectivity index (χ2v) is 8.61. The molecule has 29 heavy (non-hydrogen) atoms. The van der Waals surface area contributed by atoms with Crippen molar-refractivity contribution in [2.24, 2.45) is 0 Å². The van der Waals surface area contributed by atoms with Crippen molar-refractivity contribution in [3.05, 3.63) is 53.7 Å². The summed E-state index contributed by atoms with van der Waals surface area (Å²) >= 11 is 0. The predicted octanol–water partition coefficient (Wildman–Crippen LogP) is 3.45. The fraction of sp³-hybridized carbons (Fsp3) is 0.300. The molecule has 4 rings (SSSR count). The Morgan fingerprint density at radius 3 is 2.79 bits per heavy atom. The molecule has 0 fully saturated rings. The van der Waals surface area contributed by atoms with Gasteiger partial charge in [-0.3, -0.25) is 0 Å². The van der Waals surface area contributed by atoms with E-state index in [-0.39, 0.29) is 29.9 Å². The van der Waals surface area contributed by atoms with Crippen molar-refractivity contribution in [3.63, 3.8) is 0 Å². The highest BCUT2D eigenvalue weighted by atomic mass is 32.2. The monoisotopic (exact) mass is 414 g/mol. The second-order valence-electron chi connectivity index (χ2n) is 6.96. The van der Waals surface area contributed by atoms with Crippen LogP contribution in [0.2, 0.25) is 0 Å². The summed E-state index contributed by atoms with van der Waals surface area (Å²) in [6.07, 6.45) is 1.90. The van der Waals surface area contributed by atoms with Crippen LogP contribution in [-0.4, -0.2) is 31.1 Å². The Morgan fingerprint density at radius 1 is 1.17 bits per heavy atom. The third-order valence-electron chi connectivity index (χ3n) is 4.92. The SMILES string of the molecule is CCCCNC(=O)N1Cc2noc(NS(=O)(=O)c3cccc4ccccc34)c2C1. The van der Waals surface area contributed by atoms with Gasteiger partial charge in [-0.25, -0.2) is 17.9 Å². The maximum Gasteiger partial charge on any atom is 0.318 e. The minimum Gasteiger partial charge on any atom is -0.338 e. The zero-order valence-corrected chi connectivity index (χ0v) is 16.8. The lowest BCUT2D eigenvalue weighted by Crippen LogP contribution is -2.37. The van der Waals surface area contributed by atoms with Gasteiger partial charge in [0.05, 0.1) is 23.5 Å². The average Bonchev–Trinajstić information content (AvgIpc) is 3.29. The molecule has 0 radical (unpaired) electrons. The quantitative estimate of drug-likeness (QED) is 0.601. The molecule has 1 aromatic heterocycles. The molecule has 0 bridgehead atoms. The highest BCUT2D eigenvalue weighted by Crippen LogP contribution is 2.32. The van der Waals surface area contributed by atoms with Crippen LogP contribution in [0.5, 0.6) is 0 Å². The molecule has 0 saturated heterocycles. The van der Waals surface area contributed by atoms with Crippen molar-refractivity contribution in [2.75, 3.05) is 11.3 Å². The molecule has 1 aliphatic rings. The number of carbonyl (C=O) groups is 1. The van der Waals surface area contributed by atoms with E-state index in [1.807, 2.05) is 18.2 Å². The lowest BCUT2D eigenvalue weighted by Gasteiger charge is -2.16. The van der Waals surface area contributed by atoms with E-state index in [1.54, 1.807) is 29.2 Å². The molecule has 8 nitrogen and oxygen atoms in total. The summed E-state index contributed by atoms with van der Waals surface area (Å²) in [4.78, 5) is 14.0. The first-order valence-corrected chi connectivity index (χ1v) is 11.0. The molecule has 0 atom stereocenters. The van der Waals surface area contributed by atoms with Crippen molar-refractivity contribution in [1.82, 2.24) is 15.4 Å². The van der Waals surface area contributed by atoms with Gasteiger partial charge in [-0.05, 0) is 17.9 Å². The Balaban J connectivity index is 1.54. The molecule has 3 aromatic rings. The van der Waals surface area contributed by atoms with E-state index in [0.29, 0.717) is 23.2 Å². The summed E-state index contributed by atoms with van der Waals surface area (Å²) < 4.78 is 33.8. The Bertz CT molecular complexity index is 1150. The summed E-state index contributed by atoms with van der Waals surface area (Å²) in [5, 5.41) is 8.24. The summed E-state index contributed by atoms with van der Waals surface area (Å²) in [7, 11) is -3.89. The van der Waals surface area contributed by atoms with Crippen LogP contribution in [-0.2, 0) is 23.1 Å². The van der Waals surface area contributed by atoms with Crippen molar-refractivity contribution in [3.8, 4) is 0 Å². The molecule has 0 unspecified atom stereocenters. The van der Waals surface area contributed by atoms with Gasteiger partial charge in [0.1, 0.15) is 5.69 Å². The van der Waals surface area contributed by atoms with Gasteiger partial charge in [-0.1, -0.05) is 54.9 Å². The zero-order valence-electron chi connectivity index (χ0n) is 16.0. The third-order valence-corrected chi connectivity index (χ3v) is 6.31. The topological polar surface area (TPSA) is 105 Å². The fourth-order valence-electron chi connectivity index (χ4n) is 3.37. The van der Waals surface area contributed by atoms with Crippen LogP contribution in [0, 0.1) is 0 Å². The molecular weight excluding hydrogens is 392 g/mol. The van der Waals surface area contributed by atoms with E-state index in [0.717, 1.165) is 18.2 Å². The lowest BCUT2D eigenvalue weighted by atomic mass is 10.1. The molecule has 2 heterocycles. The summed E-state index contributed by atoms with van der Waals surface area (Å²) in [6, 6.07) is 12.2. The van der Waals surface area contributed by atoms with Gasteiger partial charge in [-0.15, -0.1) is 0 Å². The van der Waals surface area contributed by atoms with Gasteiger partial charge in [0.15, 0.2) is 0 Å². The number of hydrogen-bond donors (Lipinski definition) is 2. The van der Waals surface area contributed by atoms with Gasteiger partial charge >= 0.3 is 6.03 Å². The summed E-state index contributed by atoms with van der Waals surface area (Å²) in [6.45, 7) is 3.18. The Labute approximate surface area is 168 Å². The predicted molar refractivity (Wildman–Crippen MR) is 109 cm³/mol. The highest BCUT2D eigenvalue weighted by Gasteiger charge is 2.32. The van der Waals surface area contributed by atoms with E-state index in [4.69, 9.17) is 4.52 Å². The molecule has 9 heteroatoms. The fourth-order valence-corrected chi connectivity index (χ4v) is 4.62. The summed E-state index contributed by atoms with van der Waals surface area (Å²) in [5.41, 5.74) is 1.14. The van der Waals surface area contributed by atoms with Crippen LogP contribution in [0.4, 0.5) is 10.7 Å². The Hall–Kier alpha value is -3.07.